The van der Waals surface area contributed by atoms with Crippen LogP contribution in [0.15, 0.2) is 59.9 Å². The van der Waals surface area contributed by atoms with Crippen molar-refractivity contribution < 1.29 is 4.39 Å². The largest absolute Gasteiger partial charge is 0.361 e. The molecule has 0 amide bonds. The quantitative estimate of drug-likeness (QED) is 0.414. The van der Waals surface area contributed by atoms with E-state index in [0.717, 1.165) is 43.5 Å². The number of anilines is 1. The minimum Gasteiger partial charge on any atom is -0.361 e. The number of piperidine rings is 1. The van der Waals surface area contributed by atoms with Crippen LogP contribution in [0.4, 0.5) is 10.1 Å². The number of likely N-dealkylation sites (tertiary alicyclic amines) is 1. The summed E-state index contributed by atoms with van der Waals surface area (Å²) in [5.41, 5.74) is 3.53. The van der Waals surface area contributed by atoms with Crippen LogP contribution in [0.2, 0.25) is 0 Å². The highest BCUT2D eigenvalue weighted by molar-refractivity contribution is 8.01. The summed E-state index contributed by atoms with van der Waals surface area (Å²) < 4.78 is 16.1. The molecular weight excluding hydrogens is 407 g/mol. The second-order valence-electron chi connectivity index (χ2n) is 8.70. The highest BCUT2D eigenvalue weighted by atomic mass is 32.2. The molecule has 1 N–H and O–H groups in total. The van der Waals surface area contributed by atoms with Crippen LogP contribution in [0.1, 0.15) is 18.4 Å². The summed E-state index contributed by atoms with van der Waals surface area (Å²) in [4.78, 5) is 11.7. The Labute approximate surface area is 185 Å². The Bertz CT molecular complexity index is 1240. The third kappa shape index (κ3) is 3.58. The Morgan fingerprint density at radius 2 is 2.00 bits per heavy atom. The highest BCUT2D eigenvalue weighted by Crippen LogP contribution is 2.45. The Morgan fingerprint density at radius 1 is 1.10 bits per heavy atom. The smallest absolute Gasteiger partial charge is 0.123 e. The van der Waals surface area contributed by atoms with Gasteiger partial charge < -0.3 is 14.2 Å². The highest BCUT2D eigenvalue weighted by Gasteiger charge is 2.25. The predicted octanol–water partition coefficient (Wildman–Crippen LogP) is 5.64. The topological polar surface area (TPSA) is 35.2 Å². The summed E-state index contributed by atoms with van der Waals surface area (Å²) in [5.74, 6) is 0.512. The van der Waals surface area contributed by atoms with Crippen LogP contribution >= 0.6 is 11.9 Å². The molecule has 0 unspecified atom stereocenters. The second kappa shape index (κ2) is 7.84. The van der Waals surface area contributed by atoms with Crippen LogP contribution in [0, 0.1) is 11.7 Å². The molecule has 6 rings (SSSR count). The number of nitrogens with zero attached hydrogens (tertiary/aromatic N) is 3. The molecule has 6 heteroatoms. The molecule has 0 atom stereocenters. The molecule has 4 heterocycles. The monoisotopic (exact) mass is 432 g/mol. The van der Waals surface area contributed by atoms with Gasteiger partial charge in [0, 0.05) is 52.1 Å². The Kier molecular flexibility index (Phi) is 4.84. The number of aromatic nitrogens is 2. The molecule has 0 radical (unpaired) electrons. The molecule has 1 fully saturated rings. The van der Waals surface area contributed by atoms with Crippen molar-refractivity contribution in [1.82, 2.24) is 14.9 Å². The summed E-state index contributed by atoms with van der Waals surface area (Å²) in [5, 5.41) is 3.61. The van der Waals surface area contributed by atoms with Crippen molar-refractivity contribution in [2.24, 2.45) is 5.92 Å². The minimum absolute atomic E-state index is 0.156. The summed E-state index contributed by atoms with van der Waals surface area (Å²) in [6.07, 6.45) is 9.45. The maximum Gasteiger partial charge on any atom is 0.123 e. The van der Waals surface area contributed by atoms with Gasteiger partial charge in [0.05, 0.1) is 11.9 Å². The fourth-order valence-electron chi connectivity index (χ4n) is 5.06. The van der Waals surface area contributed by atoms with Crippen molar-refractivity contribution in [3.05, 3.63) is 66.4 Å². The molecule has 2 aliphatic rings. The predicted molar refractivity (Wildman–Crippen MR) is 126 cm³/mol. The normalized spacial score (nSPS) is 17.3. The molecule has 0 bridgehead atoms. The number of nitrogens with one attached hydrogen (secondary N) is 1. The van der Waals surface area contributed by atoms with Gasteiger partial charge in [-0.05, 0) is 80.0 Å². The zero-order valence-electron chi connectivity index (χ0n) is 17.4. The lowest BCUT2D eigenvalue weighted by Gasteiger charge is -2.33. The number of hydrogen-bond donors (Lipinski definition) is 1. The van der Waals surface area contributed by atoms with Gasteiger partial charge in [0.25, 0.3) is 0 Å². The Morgan fingerprint density at radius 3 is 2.90 bits per heavy atom. The van der Waals surface area contributed by atoms with Crippen LogP contribution in [0.5, 0.6) is 0 Å². The van der Waals surface area contributed by atoms with Crippen molar-refractivity contribution in [2.45, 2.75) is 24.2 Å². The Balaban J connectivity index is 1.05. The van der Waals surface area contributed by atoms with E-state index in [4.69, 9.17) is 0 Å². The van der Waals surface area contributed by atoms with Crippen LogP contribution < -0.4 is 4.31 Å². The zero-order chi connectivity index (χ0) is 20.8. The van der Waals surface area contributed by atoms with Crippen molar-refractivity contribution in [3.8, 4) is 0 Å². The molecule has 4 aromatic rings. The number of hydrogen-bond acceptors (Lipinski definition) is 4. The molecule has 0 saturated carbocycles. The van der Waals surface area contributed by atoms with E-state index in [0.29, 0.717) is 5.92 Å². The number of benzene rings is 2. The fourth-order valence-corrected chi connectivity index (χ4v) is 6.16. The molecule has 2 aromatic heterocycles. The number of halogens is 1. The molecule has 0 spiro atoms. The van der Waals surface area contributed by atoms with E-state index < -0.39 is 0 Å². The first-order valence-corrected chi connectivity index (χ1v) is 11.8. The molecule has 0 aliphatic carbocycles. The van der Waals surface area contributed by atoms with E-state index >= 15 is 0 Å². The molecule has 31 heavy (non-hydrogen) atoms. The standard InChI is InChI=1S/C25H25FN4S/c26-20-4-5-22-21(13-20)19(15-28-22)12-17-6-8-29(9-7-17)10-11-30-23-16-27-14-18-2-1-3-24(31-30)25(18)23/h1-5,13-17,28H,6-12H2. The van der Waals surface area contributed by atoms with Crippen molar-refractivity contribution in [3.63, 3.8) is 0 Å². The lowest BCUT2D eigenvalue weighted by molar-refractivity contribution is 0.189. The summed E-state index contributed by atoms with van der Waals surface area (Å²) >= 11 is 1.84. The molecule has 2 aromatic carbocycles. The first-order valence-electron chi connectivity index (χ1n) is 11.0. The lowest BCUT2D eigenvalue weighted by Crippen LogP contribution is -2.38. The molecular formula is C25H25FN4S. The third-order valence-electron chi connectivity index (χ3n) is 6.77. The molecule has 2 aliphatic heterocycles. The van der Waals surface area contributed by atoms with Crippen LogP contribution in [0.25, 0.3) is 21.7 Å². The fraction of sp³-hybridized carbons (Fsp3) is 0.320. The second-order valence-corrected chi connectivity index (χ2v) is 9.76. The zero-order valence-corrected chi connectivity index (χ0v) is 18.2. The van der Waals surface area contributed by atoms with E-state index in [9.17, 15) is 4.39 Å². The van der Waals surface area contributed by atoms with Gasteiger partial charge in [-0.15, -0.1) is 0 Å². The number of aromatic amines is 1. The van der Waals surface area contributed by atoms with E-state index in [1.807, 2.05) is 30.4 Å². The summed E-state index contributed by atoms with van der Waals surface area (Å²) in [7, 11) is 0. The number of fused-ring (bicyclic) bond motifs is 1. The summed E-state index contributed by atoms with van der Waals surface area (Å²) in [6, 6.07) is 11.5. The van der Waals surface area contributed by atoms with Gasteiger partial charge in [-0.3, -0.25) is 4.98 Å². The van der Waals surface area contributed by atoms with Gasteiger partial charge in [0.2, 0.25) is 0 Å². The molecule has 158 valence electrons. The van der Waals surface area contributed by atoms with Gasteiger partial charge in [-0.1, -0.05) is 12.1 Å². The van der Waals surface area contributed by atoms with Crippen LogP contribution in [-0.4, -0.2) is 41.0 Å². The maximum absolute atomic E-state index is 13.7. The SMILES string of the molecule is Fc1ccc2[nH]cc(CC3CCN(CCN4Sc5cccc6cncc4c56)CC3)c2c1. The first kappa shape index (κ1) is 19.1. The molecule has 4 nitrogen and oxygen atoms in total. The maximum atomic E-state index is 13.7. The van der Waals surface area contributed by atoms with Gasteiger partial charge in [-0.2, -0.15) is 0 Å². The van der Waals surface area contributed by atoms with E-state index in [1.54, 1.807) is 6.07 Å². The number of H-pyrrole nitrogens is 1. The van der Waals surface area contributed by atoms with Gasteiger partial charge >= 0.3 is 0 Å². The van der Waals surface area contributed by atoms with Gasteiger partial charge in [0.15, 0.2) is 0 Å². The Hall–Kier alpha value is -2.57. The average molecular weight is 433 g/mol. The third-order valence-corrected chi connectivity index (χ3v) is 7.90. The van der Waals surface area contributed by atoms with Crippen LogP contribution in [-0.2, 0) is 6.42 Å². The summed E-state index contributed by atoms with van der Waals surface area (Å²) in [6.45, 7) is 4.35. The first-order chi connectivity index (χ1) is 15.2. The van der Waals surface area contributed by atoms with Crippen molar-refractivity contribution in [2.75, 3.05) is 30.5 Å². The molecule has 1 saturated heterocycles. The minimum atomic E-state index is -0.156. The number of rotatable bonds is 5. The number of pyridine rings is 1. The van der Waals surface area contributed by atoms with E-state index in [1.165, 1.54) is 45.8 Å². The van der Waals surface area contributed by atoms with Crippen molar-refractivity contribution >= 4 is 39.3 Å². The van der Waals surface area contributed by atoms with Crippen LogP contribution in [0.3, 0.4) is 0 Å². The van der Waals surface area contributed by atoms with E-state index in [-0.39, 0.29) is 5.82 Å². The van der Waals surface area contributed by atoms with Crippen molar-refractivity contribution in [1.29, 1.82) is 0 Å². The average Bonchev–Trinajstić information content (AvgIpc) is 3.36. The lowest BCUT2D eigenvalue weighted by atomic mass is 9.90. The van der Waals surface area contributed by atoms with Gasteiger partial charge in [-0.25, -0.2) is 4.39 Å². The van der Waals surface area contributed by atoms with E-state index in [2.05, 4.69) is 43.6 Å². The van der Waals surface area contributed by atoms with Gasteiger partial charge in [0.1, 0.15) is 5.82 Å².